The molecular formula is C30H33F3N6O4. The van der Waals surface area contributed by atoms with E-state index in [0.717, 1.165) is 0 Å². The fraction of sp³-hybridized carbons (Fsp3) is 0.400. The van der Waals surface area contributed by atoms with E-state index in [1.165, 1.54) is 43.8 Å². The second-order valence-corrected chi connectivity index (χ2v) is 10.7. The van der Waals surface area contributed by atoms with Crippen LogP contribution in [0, 0.1) is 5.82 Å². The van der Waals surface area contributed by atoms with Crippen LogP contribution in [0.15, 0.2) is 54.9 Å². The Hall–Kier alpha value is -4.23. The Morgan fingerprint density at radius 2 is 1.72 bits per heavy atom. The summed E-state index contributed by atoms with van der Waals surface area (Å²) in [6.07, 6.45) is 2.50. The molecule has 1 aliphatic carbocycles. The molecule has 3 aromatic rings. The summed E-state index contributed by atoms with van der Waals surface area (Å²) in [5.41, 5.74) is 1.00. The molecule has 2 aromatic heterocycles. The molecule has 2 amide bonds. The first-order valence-electron chi connectivity index (χ1n) is 14.0. The third-order valence-corrected chi connectivity index (χ3v) is 7.60. The van der Waals surface area contributed by atoms with Crippen molar-refractivity contribution < 1.29 is 32.2 Å². The minimum atomic E-state index is -2.62. The van der Waals surface area contributed by atoms with E-state index < -0.39 is 12.0 Å². The molecule has 2 fully saturated rings. The van der Waals surface area contributed by atoms with Crippen molar-refractivity contribution >= 4 is 17.6 Å². The van der Waals surface area contributed by atoms with Gasteiger partial charge in [0.25, 0.3) is 11.8 Å². The van der Waals surface area contributed by atoms with Gasteiger partial charge in [-0.2, -0.15) is 0 Å². The van der Waals surface area contributed by atoms with E-state index in [1.54, 1.807) is 30.0 Å². The number of carbonyl (C=O) groups is 2. The Morgan fingerprint density at radius 1 is 1.02 bits per heavy atom. The zero-order chi connectivity index (χ0) is 30.6. The lowest BCUT2D eigenvalue weighted by Gasteiger charge is -2.37. The highest BCUT2D eigenvalue weighted by Gasteiger charge is 2.45. The zero-order valence-electron chi connectivity index (χ0n) is 23.9. The SMILES string of the molecule is COc1ncc(C(=O)N2CCN(C(C)C(=O)Nc3ccc(Oc4ccc(F)cc4)cn3)CC2)cc1CNC1CC(F)(F)C1. The predicted molar refractivity (Wildman–Crippen MR) is 152 cm³/mol. The number of benzene rings is 1. The molecule has 0 radical (unpaired) electrons. The molecule has 1 atom stereocenters. The van der Waals surface area contributed by atoms with Crippen molar-refractivity contribution in [3.8, 4) is 17.4 Å². The number of halogens is 3. The molecule has 1 saturated carbocycles. The number of aromatic nitrogens is 2. The summed E-state index contributed by atoms with van der Waals surface area (Å²) in [4.78, 5) is 38.3. The Labute approximate surface area is 247 Å². The third kappa shape index (κ3) is 7.59. The van der Waals surface area contributed by atoms with Crippen LogP contribution in [0.5, 0.6) is 17.4 Å². The van der Waals surface area contributed by atoms with Gasteiger partial charge in [0.15, 0.2) is 0 Å². The van der Waals surface area contributed by atoms with Gasteiger partial charge < -0.3 is 25.0 Å². The van der Waals surface area contributed by atoms with Gasteiger partial charge in [0.2, 0.25) is 11.8 Å². The average Bonchev–Trinajstić information content (AvgIpc) is 3.00. The number of carbonyl (C=O) groups excluding carboxylic acids is 2. The second-order valence-electron chi connectivity index (χ2n) is 10.7. The molecule has 2 aliphatic rings. The summed E-state index contributed by atoms with van der Waals surface area (Å²) in [7, 11) is 1.47. The lowest BCUT2D eigenvalue weighted by Crippen LogP contribution is -2.54. The van der Waals surface area contributed by atoms with Gasteiger partial charge in [0, 0.05) is 63.4 Å². The van der Waals surface area contributed by atoms with Crippen LogP contribution in [-0.2, 0) is 11.3 Å². The predicted octanol–water partition coefficient (Wildman–Crippen LogP) is 4.09. The van der Waals surface area contributed by atoms with E-state index in [2.05, 4.69) is 20.6 Å². The van der Waals surface area contributed by atoms with E-state index >= 15 is 0 Å². The fourth-order valence-electron chi connectivity index (χ4n) is 5.03. The second kappa shape index (κ2) is 13.0. The highest BCUT2D eigenvalue weighted by atomic mass is 19.3. The highest BCUT2D eigenvalue weighted by Crippen LogP contribution is 2.37. The van der Waals surface area contributed by atoms with Gasteiger partial charge in [-0.25, -0.2) is 23.1 Å². The Balaban J connectivity index is 1.10. The minimum absolute atomic E-state index is 0.199. The maximum absolute atomic E-state index is 13.2. The summed E-state index contributed by atoms with van der Waals surface area (Å²) in [6.45, 7) is 3.88. The number of anilines is 1. The van der Waals surface area contributed by atoms with Crippen LogP contribution in [0.3, 0.4) is 0 Å². The first kappa shape index (κ1) is 30.2. The van der Waals surface area contributed by atoms with Crippen molar-refractivity contribution in [3.05, 3.63) is 71.8 Å². The molecule has 3 heterocycles. The number of methoxy groups -OCH3 is 1. The number of nitrogens with zero attached hydrogens (tertiary/aromatic N) is 4. The molecule has 5 rings (SSSR count). The number of nitrogens with one attached hydrogen (secondary N) is 2. The van der Waals surface area contributed by atoms with Gasteiger partial charge in [0.1, 0.15) is 23.1 Å². The van der Waals surface area contributed by atoms with Crippen molar-refractivity contribution in [3.63, 3.8) is 0 Å². The normalized spacial score (nSPS) is 17.6. The van der Waals surface area contributed by atoms with E-state index in [4.69, 9.17) is 9.47 Å². The number of amides is 2. The average molecular weight is 599 g/mol. The number of rotatable bonds is 10. The van der Waals surface area contributed by atoms with Gasteiger partial charge in [-0.05, 0) is 49.4 Å². The smallest absolute Gasteiger partial charge is 0.255 e. The van der Waals surface area contributed by atoms with Gasteiger partial charge in [-0.3, -0.25) is 14.5 Å². The standard InChI is InChI=1S/C30H33F3N6O4/c1-19(27(40)37-26-8-7-25(18-35-26)43-24-5-3-22(31)4-6-24)38-9-11-39(12-10-38)29(41)21-13-20(28(42-2)36-17-21)16-34-23-14-30(32,33)15-23/h3-8,13,17-19,23,34H,9-12,14-16H2,1-2H3,(H,35,37,40). The van der Waals surface area contributed by atoms with Crippen molar-refractivity contribution in [2.75, 3.05) is 38.6 Å². The van der Waals surface area contributed by atoms with Crippen molar-refractivity contribution in [1.82, 2.24) is 25.1 Å². The monoisotopic (exact) mass is 598 g/mol. The molecule has 228 valence electrons. The summed E-state index contributed by atoms with van der Waals surface area (Å²) >= 11 is 0. The van der Waals surface area contributed by atoms with Crippen LogP contribution in [-0.4, -0.2) is 82.9 Å². The number of piperazine rings is 1. The van der Waals surface area contributed by atoms with Crippen LogP contribution in [0.2, 0.25) is 0 Å². The Bertz CT molecular complexity index is 1420. The Kier molecular flexibility index (Phi) is 9.11. The number of pyridine rings is 2. The van der Waals surface area contributed by atoms with Gasteiger partial charge >= 0.3 is 0 Å². The van der Waals surface area contributed by atoms with E-state index in [-0.39, 0.29) is 43.1 Å². The minimum Gasteiger partial charge on any atom is -0.481 e. The van der Waals surface area contributed by atoms with Crippen molar-refractivity contribution in [2.45, 2.75) is 44.3 Å². The van der Waals surface area contributed by atoms with Crippen LogP contribution >= 0.6 is 0 Å². The van der Waals surface area contributed by atoms with Gasteiger partial charge in [-0.1, -0.05) is 0 Å². The van der Waals surface area contributed by atoms with Gasteiger partial charge in [0.05, 0.1) is 24.9 Å². The summed E-state index contributed by atoms with van der Waals surface area (Å²) < 4.78 is 50.4. The van der Waals surface area contributed by atoms with Crippen molar-refractivity contribution in [1.29, 1.82) is 0 Å². The zero-order valence-corrected chi connectivity index (χ0v) is 23.9. The number of ether oxygens (including phenoxy) is 2. The van der Waals surface area contributed by atoms with Crippen LogP contribution < -0.4 is 20.1 Å². The number of hydrogen-bond donors (Lipinski definition) is 2. The molecule has 2 N–H and O–H groups in total. The molecule has 0 spiro atoms. The van der Waals surface area contributed by atoms with Crippen molar-refractivity contribution in [2.24, 2.45) is 0 Å². The molecule has 10 nitrogen and oxygen atoms in total. The van der Waals surface area contributed by atoms with Crippen LogP contribution in [0.25, 0.3) is 0 Å². The largest absolute Gasteiger partial charge is 0.481 e. The van der Waals surface area contributed by atoms with E-state index in [9.17, 15) is 22.8 Å². The molecule has 1 aliphatic heterocycles. The first-order valence-corrected chi connectivity index (χ1v) is 14.0. The highest BCUT2D eigenvalue weighted by molar-refractivity contribution is 5.95. The third-order valence-electron chi connectivity index (χ3n) is 7.60. The van der Waals surface area contributed by atoms with Gasteiger partial charge in [-0.15, -0.1) is 0 Å². The van der Waals surface area contributed by atoms with Crippen LogP contribution in [0.4, 0.5) is 19.0 Å². The maximum Gasteiger partial charge on any atom is 0.255 e. The fourth-order valence-corrected chi connectivity index (χ4v) is 5.03. The summed E-state index contributed by atoms with van der Waals surface area (Å²) in [5.74, 6) is -1.81. The lowest BCUT2D eigenvalue weighted by atomic mass is 9.88. The number of hydrogen-bond acceptors (Lipinski definition) is 8. The molecule has 13 heteroatoms. The number of alkyl halides is 2. The quantitative estimate of drug-likeness (QED) is 0.360. The molecule has 43 heavy (non-hydrogen) atoms. The van der Waals surface area contributed by atoms with E-state index in [1.807, 2.05) is 4.90 Å². The molecule has 1 unspecified atom stereocenters. The Morgan fingerprint density at radius 3 is 2.35 bits per heavy atom. The topological polar surface area (TPSA) is 109 Å². The molecule has 1 saturated heterocycles. The molecule has 0 bridgehead atoms. The maximum atomic E-state index is 13.2. The first-order chi connectivity index (χ1) is 20.6. The van der Waals surface area contributed by atoms with Crippen LogP contribution in [0.1, 0.15) is 35.7 Å². The summed E-state index contributed by atoms with van der Waals surface area (Å²) in [6, 6.07) is 9.81. The molecular weight excluding hydrogens is 565 g/mol. The molecule has 1 aromatic carbocycles. The summed E-state index contributed by atoms with van der Waals surface area (Å²) in [5, 5.41) is 5.88. The van der Waals surface area contributed by atoms with E-state index in [0.29, 0.717) is 60.5 Å². The lowest BCUT2D eigenvalue weighted by molar-refractivity contribution is -0.121.